The molecule has 248 valence electrons. The fourth-order valence-electron chi connectivity index (χ4n) is 6.51. The Labute approximate surface area is 275 Å². The van der Waals surface area contributed by atoms with E-state index < -0.39 is 65.5 Å². The number of carbonyl (C=O) groups is 5. The SMILES string of the molecule is Cc1cccc(C(OC(=O)NC(CC2CCCCC2)C(=O)NC(C(=O)CN)C(=O)C2CCNC2=O)C(C)(C)c2cccc(Cl)c2)c1. The average molecular weight is 653 g/mol. The lowest BCUT2D eigenvalue weighted by Gasteiger charge is -2.35. The Bertz CT molecular complexity index is 1440. The Morgan fingerprint density at radius 1 is 1.02 bits per heavy atom. The second-order valence-corrected chi connectivity index (χ2v) is 13.5. The molecule has 5 N–H and O–H groups in total. The molecule has 0 bridgehead atoms. The van der Waals surface area contributed by atoms with Gasteiger partial charge in [-0.25, -0.2) is 4.79 Å². The lowest BCUT2D eigenvalue weighted by atomic mass is 9.76. The largest absolute Gasteiger partial charge is 0.440 e. The van der Waals surface area contributed by atoms with Crippen molar-refractivity contribution in [2.45, 2.75) is 89.3 Å². The van der Waals surface area contributed by atoms with E-state index in [9.17, 15) is 24.0 Å². The molecular formula is C35H45ClN4O6. The molecule has 11 heteroatoms. The van der Waals surface area contributed by atoms with Crippen LogP contribution in [0.3, 0.4) is 0 Å². The van der Waals surface area contributed by atoms with E-state index in [1.165, 1.54) is 0 Å². The number of nitrogens with one attached hydrogen (secondary N) is 3. The zero-order valence-corrected chi connectivity index (χ0v) is 27.5. The quantitative estimate of drug-likeness (QED) is 0.233. The Hall–Kier alpha value is -3.76. The maximum absolute atomic E-state index is 13.8. The fraction of sp³-hybridized carbons (Fsp3) is 0.514. The molecule has 0 spiro atoms. The molecule has 10 nitrogen and oxygen atoms in total. The van der Waals surface area contributed by atoms with Gasteiger partial charge in [0.15, 0.2) is 11.6 Å². The topological polar surface area (TPSA) is 157 Å². The van der Waals surface area contributed by atoms with Crippen molar-refractivity contribution in [3.63, 3.8) is 0 Å². The summed E-state index contributed by atoms with van der Waals surface area (Å²) in [5.74, 6) is -3.51. The number of aryl methyl sites for hydroxylation is 1. The second kappa shape index (κ2) is 15.7. The molecule has 1 aliphatic carbocycles. The normalized spacial score (nSPS) is 19.0. The highest BCUT2D eigenvalue weighted by atomic mass is 35.5. The summed E-state index contributed by atoms with van der Waals surface area (Å²) in [6, 6.07) is 12.4. The molecule has 1 aliphatic heterocycles. The van der Waals surface area contributed by atoms with E-state index in [-0.39, 0.29) is 12.3 Å². The summed E-state index contributed by atoms with van der Waals surface area (Å²) in [7, 11) is 0. The van der Waals surface area contributed by atoms with Crippen LogP contribution >= 0.6 is 11.6 Å². The van der Waals surface area contributed by atoms with E-state index in [4.69, 9.17) is 22.1 Å². The van der Waals surface area contributed by atoms with Crippen LogP contribution in [0.4, 0.5) is 4.79 Å². The molecule has 0 radical (unpaired) electrons. The maximum Gasteiger partial charge on any atom is 0.408 e. The van der Waals surface area contributed by atoms with Crippen LogP contribution in [0.5, 0.6) is 0 Å². The van der Waals surface area contributed by atoms with E-state index in [1.54, 1.807) is 6.07 Å². The van der Waals surface area contributed by atoms with Gasteiger partial charge in [0, 0.05) is 17.0 Å². The first-order chi connectivity index (χ1) is 21.9. The monoisotopic (exact) mass is 652 g/mol. The van der Waals surface area contributed by atoms with Crippen LogP contribution in [0, 0.1) is 18.8 Å². The number of Topliss-reactive ketones (excluding diaryl/α,β-unsaturated/α-hetero) is 2. The van der Waals surface area contributed by atoms with Crippen molar-refractivity contribution in [3.8, 4) is 0 Å². The van der Waals surface area contributed by atoms with Crippen LogP contribution < -0.4 is 21.7 Å². The number of hydrogen-bond donors (Lipinski definition) is 4. The third-order valence-corrected chi connectivity index (χ3v) is 9.42. The van der Waals surface area contributed by atoms with Gasteiger partial charge in [-0.05, 0) is 48.9 Å². The van der Waals surface area contributed by atoms with Crippen molar-refractivity contribution in [1.82, 2.24) is 16.0 Å². The molecule has 4 unspecified atom stereocenters. The Morgan fingerprint density at radius 3 is 2.37 bits per heavy atom. The highest BCUT2D eigenvalue weighted by Crippen LogP contribution is 2.41. The molecule has 2 aliphatic rings. The Morgan fingerprint density at radius 2 is 1.74 bits per heavy atom. The number of rotatable bonds is 13. The zero-order chi connectivity index (χ0) is 33.4. The number of hydrogen-bond acceptors (Lipinski definition) is 7. The van der Waals surface area contributed by atoms with E-state index >= 15 is 0 Å². The van der Waals surface area contributed by atoms with Crippen molar-refractivity contribution in [3.05, 3.63) is 70.2 Å². The van der Waals surface area contributed by atoms with Gasteiger partial charge in [0.2, 0.25) is 11.8 Å². The summed E-state index contributed by atoms with van der Waals surface area (Å²) in [5.41, 5.74) is 7.47. The number of carbonyl (C=O) groups excluding carboxylic acids is 5. The van der Waals surface area contributed by atoms with Crippen molar-refractivity contribution < 1.29 is 28.7 Å². The molecule has 2 fully saturated rings. The number of alkyl carbamates (subject to hydrolysis) is 1. The first kappa shape index (κ1) is 35.1. The summed E-state index contributed by atoms with van der Waals surface area (Å²) < 4.78 is 6.16. The van der Waals surface area contributed by atoms with Crippen LogP contribution in [0.2, 0.25) is 5.02 Å². The van der Waals surface area contributed by atoms with Gasteiger partial charge < -0.3 is 26.4 Å². The van der Waals surface area contributed by atoms with Gasteiger partial charge in [0.1, 0.15) is 24.1 Å². The number of ketones is 2. The summed E-state index contributed by atoms with van der Waals surface area (Å²) in [4.78, 5) is 65.8. The minimum atomic E-state index is -1.60. The van der Waals surface area contributed by atoms with Gasteiger partial charge in [-0.2, -0.15) is 0 Å². The first-order valence-corrected chi connectivity index (χ1v) is 16.4. The second-order valence-electron chi connectivity index (χ2n) is 13.0. The number of nitrogens with two attached hydrogens (primary N) is 1. The van der Waals surface area contributed by atoms with Gasteiger partial charge in [-0.3, -0.25) is 19.2 Å². The first-order valence-electron chi connectivity index (χ1n) is 16.0. The lowest BCUT2D eigenvalue weighted by Crippen LogP contribution is -2.57. The number of ether oxygens (including phenoxy) is 1. The van der Waals surface area contributed by atoms with Crippen molar-refractivity contribution in [2.75, 3.05) is 13.1 Å². The van der Waals surface area contributed by atoms with Gasteiger partial charge >= 0.3 is 6.09 Å². The van der Waals surface area contributed by atoms with E-state index in [2.05, 4.69) is 16.0 Å². The van der Waals surface area contributed by atoms with E-state index in [0.29, 0.717) is 18.0 Å². The summed E-state index contributed by atoms with van der Waals surface area (Å²) in [6.07, 6.45) is 3.84. The van der Waals surface area contributed by atoms with Crippen molar-refractivity contribution in [2.24, 2.45) is 17.6 Å². The van der Waals surface area contributed by atoms with Crippen LogP contribution in [0.1, 0.15) is 81.6 Å². The average Bonchev–Trinajstić information content (AvgIpc) is 3.47. The third kappa shape index (κ3) is 8.73. The van der Waals surface area contributed by atoms with Crippen LogP contribution in [0.15, 0.2) is 48.5 Å². The summed E-state index contributed by atoms with van der Waals surface area (Å²) >= 11 is 6.33. The molecule has 2 aromatic rings. The summed E-state index contributed by atoms with van der Waals surface area (Å²) in [6.45, 7) is 5.67. The van der Waals surface area contributed by atoms with Crippen LogP contribution in [0.25, 0.3) is 0 Å². The standard InChI is InChI=1S/C35H45ClN4O6/c1-21-9-7-12-23(17-21)31(35(2,3)24-13-8-14-25(36)19-24)46-34(45)39-27(18-22-10-5-4-6-11-22)33(44)40-29(28(41)20-37)30(42)26-15-16-38-32(26)43/h7-9,12-14,17,19,22,26-27,29,31H,4-6,10-11,15-16,18,20,37H2,1-3H3,(H,38,43)(H,39,45)(H,40,44). The molecule has 1 heterocycles. The van der Waals surface area contributed by atoms with Gasteiger partial charge in [-0.15, -0.1) is 0 Å². The van der Waals surface area contributed by atoms with Gasteiger partial charge in [-0.1, -0.05) is 99.5 Å². The Kier molecular flexibility index (Phi) is 12.0. The fourth-order valence-corrected chi connectivity index (χ4v) is 6.70. The van der Waals surface area contributed by atoms with Crippen LogP contribution in [-0.2, 0) is 29.3 Å². The highest BCUT2D eigenvalue weighted by Gasteiger charge is 2.41. The predicted molar refractivity (Wildman–Crippen MR) is 175 cm³/mol. The molecule has 46 heavy (non-hydrogen) atoms. The van der Waals surface area contributed by atoms with E-state index in [1.807, 2.05) is 63.2 Å². The summed E-state index contributed by atoms with van der Waals surface area (Å²) in [5, 5.41) is 8.43. The van der Waals surface area contributed by atoms with Crippen molar-refractivity contribution >= 4 is 41.1 Å². The zero-order valence-electron chi connectivity index (χ0n) is 26.8. The van der Waals surface area contributed by atoms with Gasteiger partial charge in [0.25, 0.3) is 0 Å². The maximum atomic E-state index is 13.8. The molecule has 1 saturated heterocycles. The van der Waals surface area contributed by atoms with Gasteiger partial charge in [0.05, 0.1) is 6.54 Å². The number of benzene rings is 2. The number of amides is 3. The minimum absolute atomic E-state index is 0.153. The molecule has 1 saturated carbocycles. The third-order valence-electron chi connectivity index (χ3n) is 9.18. The molecule has 3 amide bonds. The van der Waals surface area contributed by atoms with E-state index in [0.717, 1.165) is 48.8 Å². The Balaban J connectivity index is 1.60. The molecule has 0 aromatic heterocycles. The smallest absolute Gasteiger partial charge is 0.408 e. The molecule has 4 rings (SSSR count). The highest BCUT2D eigenvalue weighted by molar-refractivity contribution is 6.30. The number of halogens is 1. The predicted octanol–water partition coefficient (Wildman–Crippen LogP) is 4.45. The lowest BCUT2D eigenvalue weighted by molar-refractivity contribution is -0.139. The molecular weight excluding hydrogens is 608 g/mol. The molecule has 4 atom stereocenters. The van der Waals surface area contributed by atoms with Crippen LogP contribution in [-0.4, -0.2) is 54.6 Å². The molecule has 2 aromatic carbocycles. The minimum Gasteiger partial charge on any atom is -0.440 e. The van der Waals surface area contributed by atoms with Crippen molar-refractivity contribution in [1.29, 1.82) is 0 Å².